The van der Waals surface area contributed by atoms with Gasteiger partial charge in [-0.15, -0.1) is 0 Å². The third-order valence-electron chi connectivity index (χ3n) is 3.09. The van der Waals surface area contributed by atoms with Crippen LogP contribution in [0.2, 0.25) is 0 Å². The Morgan fingerprint density at radius 3 is 2.47 bits per heavy atom. The largest absolute Gasteiger partial charge is 0.481 e. The van der Waals surface area contributed by atoms with Gasteiger partial charge in [0.25, 0.3) is 5.91 Å². The highest BCUT2D eigenvalue weighted by Crippen LogP contribution is 2.14. The lowest BCUT2D eigenvalue weighted by Gasteiger charge is -2.14. The quantitative estimate of drug-likeness (QED) is 0.731. The molecule has 19 heavy (non-hydrogen) atoms. The van der Waals surface area contributed by atoms with Crippen LogP contribution >= 0.6 is 0 Å². The highest BCUT2D eigenvalue weighted by molar-refractivity contribution is 5.80. The van der Waals surface area contributed by atoms with Gasteiger partial charge in [-0.1, -0.05) is 38.8 Å². The number of unbranched alkanes of at least 4 members (excludes halogenated alkanes) is 2. The van der Waals surface area contributed by atoms with Gasteiger partial charge in [-0.2, -0.15) is 0 Å². The fourth-order valence-electron chi connectivity index (χ4n) is 1.79. The fraction of sp³-hybridized carbons (Fsp3) is 0.562. The molecule has 0 fully saturated rings. The lowest BCUT2D eigenvalue weighted by atomic mass is 10.2. The minimum absolute atomic E-state index is 0.0457. The Kier molecular flexibility index (Phi) is 7.01. The van der Waals surface area contributed by atoms with E-state index in [1.54, 1.807) is 6.92 Å². The molecular weight excluding hydrogens is 238 g/mol. The molecule has 1 atom stereocenters. The molecule has 1 rings (SSSR count). The Balaban J connectivity index is 2.35. The number of carbonyl (C=O) groups excluding carboxylic acids is 1. The summed E-state index contributed by atoms with van der Waals surface area (Å²) in [4.78, 5) is 11.8. The zero-order valence-electron chi connectivity index (χ0n) is 12.2. The number of benzene rings is 1. The lowest BCUT2D eigenvalue weighted by Crippen LogP contribution is -2.36. The standard InChI is InChI=1S/C16H25NO2/c1-4-6-7-12-17-16(18)13(3)19-15-10-8-14(5-2)9-11-15/h8-11,13H,4-7,12H2,1-3H3,(H,17,18). The van der Waals surface area contributed by atoms with Crippen molar-refractivity contribution in [3.63, 3.8) is 0 Å². The summed E-state index contributed by atoms with van der Waals surface area (Å²) in [5.74, 6) is 0.698. The first-order chi connectivity index (χ1) is 9.17. The molecule has 1 aromatic carbocycles. The van der Waals surface area contributed by atoms with Crippen molar-refractivity contribution in [3.8, 4) is 5.75 Å². The summed E-state index contributed by atoms with van der Waals surface area (Å²) in [5, 5.41) is 2.90. The predicted octanol–water partition coefficient (Wildman–Crippen LogP) is 3.32. The molecule has 0 aliphatic rings. The maximum atomic E-state index is 11.8. The molecule has 0 saturated heterocycles. The van der Waals surface area contributed by atoms with Crippen molar-refractivity contribution >= 4 is 5.91 Å². The third kappa shape index (κ3) is 5.77. The van der Waals surface area contributed by atoms with E-state index in [2.05, 4.69) is 19.2 Å². The molecule has 1 aromatic rings. The van der Waals surface area contributed by atoms with Crippen molar-refractivity contribution < 1.29 is 9.53 Å². The monoisotopic (exact) mass is 263 g/mol. The Hall–Kier alpha value is -1.51. The molecule has 0 aliphatic carbocycles. The van der Waals surface area contributed by atoms with Crippen LogP contribution in [-0.4, -0.2) is 18.6 Å². The maximum Gasteiger partial charge on any atom is 0.260 e. The Bertz CT molecular complexity index is 373. The van der Waals surface area contributed by atoms with Crippen LogP contribution in [0.5, 0.6) is 5.75 Å². The van der Waals surface area contributed by atoms with E-state index in [1.807, 2.05) is 24.3 Å². The van der Waals surface area contributed by atoms with Crippen LogP contribution in [0.1, 0.15) is 45.6 Å². The van der Waals surface area contributed by atoms with Crippen LogP contribution in [0, 0.1) is 0 Å². The van der Waals surface area contributed by atoms with Gasteiger partial charge >= 0.3 is 0 Å². The van der Waals surface area contributed by atoms with Crippen molar-refractivity contribution in [2.24, 2.45) is 0 Å². The molecule has 0 aliphatic heterocycles. The molecule has 3 heteroatoms. The molecule has 0 spiro atoms. The second-order valence-electron chi connectivity index (χ2n) is 4.76. The zero-order valence-corrected chi connectivity index (χ0v) is 12.2. The van der Waals surface area contributed by atoms with Crippen molar-refractivity contribution in [1.82, 2.24) is 5.32 Å². The maximum absolute atomic E-state index is 11.8. The number of nitrogens with one attached hydrogen (secondary N) is 1. The summed E-state index contributed by atoms with van der Waals surface area (Å²) < 4.78 is 5.62. The van der Waals surface area contributed by atoms with Crippen molar-refractivity contribution in [1.29, 1.82) is 0 Å². The first-order valence-electron chi connectivity index (χ1n) is 7.20. The molecule has 0 radical (unpaired) electrons. The summed E-state index contributed by atoms with van der Waals surface area (Å²) in [6.07, 6.45) is 3.89. The van der Waals surface area contributed by atoms with Crippen LogP contribution in [0.3, 0.4) is 0 Å². The Labute approximate surface area is 116 Å². The van der Waals surface area contributed by atoms with Crippen LogP contribution in [0.25, 0.3) is 0 Å². The number of ether oxygens (including phenoxy) is 1. The molecule has 0 aromatic heterocycles. The van der Waals surface area contributed by atoms with E-state index >= 15 is 0 Å². The number of hydrogen-bond donors (Lipinski definition) is 1. The van der Waals surface area contributed by atoms with Crippen LogP contribution in [0.4, 0.5) is 0 Å². The Morgan fingerprint density at radius 2 is 1.89 bits per heavy atom. The summed E-state index contributed by atoms with van der Waals surface area (Å²) in [5.41, 5.74) is 1.27. The topological polar surface area (TPSA) is 38.3 Å². The molecule has 1 unspecified atom stereocenters. The van der Waals surface area contributed by atoms with Gasteiger partial charge in [0.05, 0.1) is 0 Å². The van der Waals surface area contributed by atoms with Gasteiger partial charge < -0.3 is 10.1 Å². The zero-order chi connectivity index (χ0) is 14.1. The molecular formula is C16H25NO2. The lowest BCUT2D eigenvalue weighted by molar-refractivity contribution is -0.127. The molecule has 0 bridgehead atoms. The normalized spacial score (nSPS) is 11.9. The number of carbonyl (C=O) groups is 1. The van der Waals surface area contributed by atoms with Gasteiger partial charge in [-0.25, -0.2) is 0 Å². The first-order valence-corrected chi connectivity index (χ1v) is 7.20. The van der Waals surface area contributed by atoms with Crippen LogP contribution in [0.15, 0.2) is 24.3 Å². The second kappa shape index (κ2) is 8.57. The van der Waals surface area contributed by atoms with E-state index in [0.717, 1.165) is 38.0 Å². The summed E-state index contributed by atoms with van der Waals surface area (Å²) in [7, 11) is 0. The van der Waals surface area contributed by atoms with Crippen LogP contribution < -0.4 is 10.1 Å². The van der Waals surface area contributed by atoms with E-state index in [1.165, 1.54) is 5.56 Å². The third-order valence-corrected chi connectivity index (χ3v) is 3.09. The number of rotatable bonds is 8. The van der Waals surface area contributed by atoms with Crippen LogP contribution in [-0.2, 0) is 11.2 Å². The number of amides is 1. The minimum atomic E-state index is -0.450. The first kappa shape index (κ1) is 15.5. The Morgan fingerprint density at radius 1 is 1.21 bits per heavy atom. The number of hydrogen-bond acceptors (Lipinski definition) is 2. The van der Waals surface area contributed by atoms with E-state index < -0.39 is 6.10 Å². The molecule has 1 amide bonds. The molecule has 3 nitrogen and oxygen atoms in total. The summed E-state index contributed by atoms with van der Waals surface area (Å²) >= 11 is 0. The average Bonchev–Trinajstić information content (AvgIpc) is 2.44. The fourth-order valence-corrected chi connectivity index (χ4v) is 1.79. The van der Waals surface area contributed by atoms with Gasteiger partial charge in [0, 0.05) is 6.54 Å². The van der Waals surface area contributed by atoms with E-state index in [9.17, 15) is 4.79 Å². The smallest absolute Gasteiger partial charge is 0.260 e. The summed E-state index contributed by atoms with van der Waals surface area (Å²) in [6.45, 7) is 6.77. The molecule has 0 heterocycles. The SMILES string of the molecule is CCCCCNC(=O)C(C)Oc1ccc(CC)cc1. The molecule has 1 N–H and O–H groups in total. The van der Waals surface area contributed by atoms with E-state index in [0.29, 0.717) is 0 Å². The van der Waals surface area contributed by atoms with Gasteiger partial charge in [0.1, 0.15) is 5.75 Å². The molecule has 0 saturated carbocycles. The predicted molar refractivity (Wildman–Crippen MR) is 78.4 cm³/mol. The van der Waals surface area contributed by atoms with Gasteiger partial charge in [0.2, 0.25) is 0 Å². The summed E-state index contributed by atoms with van der Waals surface area (Å²) in [6, 6.07) is 7.89. The van der Waals surface area contributed by atoms with Crippen molar-refractivity contribution in [2.75, 3.05) is 6.54 Å². The van der Waals surface area contributed by atoms with Gasteiger partial charge in [-0.05, 0) is 37.5 Å². The van der Waals surface area contributed by atoms with Gasteiger partial charge in [-0.3, -0.25) is 4.79 Å². The minimum Gasteiger partial charge on any atom is -0.481 e. The number of aryl methyl sites for hydroxylation is 1. The van der Waals surface area contributed by atoms with Crippen molar-refractivity contribution in [3.05, 3.63) is 29.8 Å². The van der Waals surface area contributed by atoms with Crippen molar-refractivity contribution in [2.45, 2.75) is 52.6 Å². The molecule has 106 valence electrons. The second-order valence-corrected chi connectivity index (χ2v) is 4.76. The average molecular weight is 263 g/mol. The van der Waals surface area contributed by atoms with E-state index in [4.69, 9.17) is 4.74 Å². The highest BCUT2D eigenvalue weighted by Gasteiger charge is 2.13. The van der Waals surface area contributed by atoms with Gasteiger partial charge in [0.15, 0.2) is 6.10 Å². The highest BCUT2D eigenvalue weighted by atomic mass is 16.5. The van der Waals surface area contributed by atoms with E-state index in [-0.39, 0.29) is 5.91 Å².